The molecule has 2 heterocycles. The minimum absolute atomic E-state index is 0.00784. The van der Waals surface area contributed by atoms with Gasteiger partial charge < -0.3 is 93.4 Å². The van der Waals surface area contributed by atoms with Crippen LogP contribution in [0.1, 0.15) is 19.3 Å². The van der Waals surface area contributed by atoms with Crippen molar-refractivity contribution in [3.05, 3.63) is 0 Å². The molecule has 1 amide bonds. The molecule has 0 spiro atoms. The number of nitrogens with two attached hydrogens (primary N) is 4. The molecule has 19 nitrogen and oxygen atoms in total. The Kier molecular flexibility index (Phi) is 11.9. The van der Waals surface area contributed by atoms with Crippen LogP contribution in [0, 0.1) is 0 Å². The zero-order valence-corrected chi connectivity index (χ0v) is 24.1. The van der Waals surface area contributed by atoms with Crippen LogP contribution in [0.25, 0.3) is 0 Å². The summed E-state index contributed by atoms with van der Waals surface area (Å²) < 4.78 is 23.3. The van der Waals surface area contributed by atoms with Gasteiger partial charge in [-0.25, -0.2) is 0 Å². The van der Waals surface area contributed by atoms with Crippen molar-refractivity contribution in [2.24, 2.45) is 22.9 Å². The fourth-order valence-electron chi connectivity index (χ4n) is 5.80. The largest absolute Gasteiger partial charge is 0.396 e. The molecule has 2 saturated carbocycles. The molecular weight excluding hydrogens is 592 g/mol. The molecule has 4 aliphatic rings. The van der Waals surface area contributed by atoms with Crippen LogP contribution in [-0.2, 0) is 23.7 Å². The number of ether oxygens (including phenoxy) is 4. The second-order valence-electron chi connectivity index (χ2n) is 12.1. The Morgan fingerprint density at radius 1 is 0.841 bits per heavy atom. The van der Waals surface area contributed by atoms with Gasteiger partial charge in [-0.05, 0) is 19.4 Å². The Bertz CT molecular complexity index is 958. The molecule has 256 valence electrons. The maximum Gasteiger partial charge on any atom is 0.253 e. The number of hydrogen-bond donors (Lipinski definition) is 14. The quantitative estimate of drug-likeness (QED) is 0.0880. The van der Waals surface area contributed by atoms with E-state index in [1.807, 2.05) is 0 Å². The topological polar surface area (TPSA) is 344 Å². The first-order valence-corrected chi connectivity index (χ1v) is 14.7. The summed E-state index contributed by atoms with van der Waals surface area (Å²) in [5.41, 5.74) is 22.3. The third-order valence-corrected chi connectivity index (χ3v) is 8.84. The normalized spacial score (nSPS) is 49.5. The summed E-state index contributed by atoms with van der Waals surface area (Å²) >= 11 is 0. The molecule has 0 bridgehead atoms. The Labute approximate surface area is 253 Å². The van der Waals surface area contributed by atoms with Crippen LogP contribution in [0.3, 0.4) is 0 Å². The highest BCUT2D eigenvalue weighted by atomic mass is 16.7. The number of carbonyl (C=O) groups is 1. The lowest BCUT2D eigenvalue weighted by atomic mass is 9.83. The zero-order valence-electron chi connectivity index (χ0n) is 24.1. The predicted octanol–water partition coefficient (Wildman–Crippen LogP) is -8.69. The number of amides is 1. The maximum atomic E-state index is 12.9. The lowest BCUT2D eigenvalue weighted by Crippen LogP contribution is -2.70. The van der Waals surface area contributed by atoms with E-state index in [0.717, 1.165) is 0 Å². The van der Waals surface area contributed by atoms with Crippen molar-refractivity contribution in [3.8, 4) is 0 Å². The minimum Gasteiger partial charge on any atom is -0.396 e. The molecule has 2 aliphatic carbocycles. The molecule has 3 unspecified atom stereocenters. The molecule has 0 aromatic heterocycles. The molecule has 2 aliphatic heterocycles. The second-order valence-corrected chi connectivity index (χ2v) is 12.1. The number of carbonyl (C=O) groups excluding carboxylic acids is 1. The van der Waals surface area contributed by atoms with Gasteiger partial charge >= 0.3 is 0 Å². The highest BCUT2D eigenvalue weighted by molar-refractivity contribution is 5.89. The smallest absolute Gasteiger partial charge is 0.253 e. The minimum atomic E-state index is -1.83. The summed E-state index contributed by atoms with van der Waals surface area (Å²) in [6.45, 7) is -0.242. The maximum absolute atomic E-state index is 12.9. The molecule has 19 heteroatoms. The van der Waals surface area contributed by atoms with Crippen molar-refractivity contribution >= 4 is 5.91 Å². The molecule has 2 saturated heterocycles. The summed E-state index contributed by atoms with van der Waals surface area (Å²) in [5.74, 6) is -0.834. The van der Waals surface area contributed by atoms with Crippen LogP contribution in [0.2, 0.25) is 0 Å². The summed E-state index contributed by atoms with van der Waals surface area (Å²) in [6.07, 6.45) is -15.2. The molecule has 4 fully saturated rings. The van der Waals surface area contributed by atoms with E-state index in [9.17, 15) is 40.5 Å². The number of rotatable bonds is 12. The van der Waals surface area contributed by atoms with Crippen LogP contribution in [0.15, 0.2) is 0 Å². The number of nitrogens with one attached hydrogen (secondary N) is 2. The van der Waals surface area contributed by atoms with Crippen LogP contribution in [-0.4, -0.2) is 176 Å². The summed E-state index contributed by atoms with van der Waals surface area (Å²) in [4.78, 5) is 12.9. The van der Waals surface area contributed by atoms with E-state index in [2.05, 4.69) is 10.6 Å². The van der Waals surface area contributed by atoms with Gasteiger partial charge in [0.2, 0.25) is 0 Å². The Morgan fingerprint density at radius 3 is 2.09 bits per heavy atom. The van der Waals surface area contributed by atoms with Crippen molar-refractivity contribution in [1.29, 1.82) is 0 Å². The van der Waals surface area contributed by atoms with E-state index in [1.165, 1.54) is 0 Å². The first-order chi connectivity index (χ1) is 20.7. The van der Waals surface area contributed by atoms with E-state index in [0.29, 0.717) is 13.0 Å². The van der Waals surface area contributed by atoms with Gasteiger partial charge in [0.15, 0.2) is 18.2 Å². The van der Waals surface area contributed by atoms with Gasteiger partial charge in [-0.3, -0.25) is 4.79 Å². The molecule has 18 N–H and O–H groups in total. The number of hydrogen-bond acceptors (Lipinski definition) is 18. The first-order valence-electron chi connectivity index (χ1n) is 14.7. The van der Waals surface area contributed by atoms with Crippen molar-refractivity contribution < 1.29 is 64.6 Å². The Balaban J connectivity index is 1.53. The molecule has 44 heavy (non-hydrogen) atoms. The average molecular weight is 641 g/mol. The summed E-state index contributed by atoms with van der Waals surface area (Å²) in [7, 11) is 0. The lowest BCUT2D eigenvalue weighted by molar-refractivity contribution is -0.320. The average Bonchev–Trinajstić information content (AvgIpc) is 3.62. The van der Waals surface area contributed by atoms with E-state index >= 15 is 0 Å². The van der Waals surface area contributed by atoms with Gasteiger partial charge in [0.25, 0.3) is 5.91 Å². The molecule has 0 aromatic rings. The molecule has 17 atom stereocenters. The summed E-state index contributed by atoms with van der Waals surface area (Å²) in [5, 5.41) is 88.1. The predicted molar refractivity (Wildman–Crippen MR) is 147 cm³/mol. The van der Waals surface area contributed by atoms with Crippen LogP contribution in [0.5, 0.6) is 0 Å². The molecular formula is C25H48N6O13. The zero-order chi connectivity index (χ0) is 32.5. The first kappa shape index (κ1) is 35.6. The summed E-state index contributed by atoms with van der Waals surface area (Å²) in [6, 6.07) is -5.47. The third kappa shape index (κ3) is 7.34. The fraction of sp³-hybridized carbons (Fsp3) is 0.960. The van der Waals surface area contributed by atoms with Crippen molar-refractivity contribution in [1.82, 2.24) is 10.6 Å². The molecule has 4 rings (SSSR count). The molecule has 0 radical (unpaired) electrons. The van der Waals surface area contributed by atoms with E-state index in [-0.39, 0.29) is 26.0 Å². The second kappa shape index (κ2) is 14.7. The van der Waals surface area contributed by atoms with Gasteiger partial charge in [-0.2, -0.15) is 0 Å². The fourth-order valence-corrected chi connectivity index (χ4v) is 5.80. The highest BCUT2D eigenvalue weighted by Crippen LogP contribution is 2.36. The standard InChI is InChI=1S/C25H48N6O13/c26-8-4-9(31-24(39)25(40)5-12(25)27)21(44-23-18(37)13(28)15(34)11(7-33)42-23)19(38)20(8)43-22-14(29)17(36)16(35)10(41-22)6-30-2-1-3-32/h8-23,30,32-38,40H,1-7,26-29H2,(H,31,39)/t8-,9+,10+,11+,12?,13-,14+,15+,16+,17+,18+,19-,20?,21-,22+,23+,25?/m0/s1. The van der Waals surface area contributed by atoms with Crippen molar-refractivity contribution in [2.75, 3.05) is 26.3 Å². The van der Waals surface area contributed by atoms with E-state index in [1.54, 1.807) is 0 Å². The monoisotopic (exact) mass is 640 g/mol. The van der Waals surface area contributed by atoms with E-state index < -0.39 is 116 Å². The lowest BCUT2D eigenvalue weighted by Gasteiger charge is -2.49. The Hall–Kier alpha value is -1.21. The third-order valence-electron chi connectivity index (χ3n) is 8.84. The van der Waals surface area contributed by atoms with Gasteiger partial charge in [0, 0.05) is 31.7 Å². The Morgan fingerprint density at radius 2 is 1.48 bits per heavy atom. The van der Waals surface area contributed by atoms with Gasteiger partial charge in [-0.15, -0.1) is 0 Å². The van der Waals surface area contributed by atoms with Gasteiger partial charge in [0.1, 0.15) is 54.9 Å². The van der Waals surface area contributed by atoms with Crippen molar-refractivity contribution in [3.63, 3.8) is 0 Å². The van der Waals surface area contributed by atoms with Crippen LogP contribution in [0.4, 0.5) is 0 Å². The van der Waals surface area contributed by atoms with Gasteiger partial charge in [0.05, 0.1) is 24.7 Å². The SMILES string of the molecule is NC1CC1(O)C(=O)N[C@@H]1C[C@H](N)C(O[C@H]2O[C@H](CNCCCO)[C@@H](O)[C@H](O)[C@H]2N)[C@H](O)[C@H]1O[C@H]1O[C@H](CO)[C@@H](O)[C@H](N)[C@H]1O. The van der Waals surface area contributed by atoms with Crippen molar-refractivity contribution in [2.45, 2.75) is 123 Å². The number of aliphatic hydroxyl groups is 8. The van der Waals surface area contributed by atoms with Gasteiger partial charge in [-0.1, -0.05) is 0 Å². The van der Waals surface area contributed by atoms with Crippen LogP contribution >= 0.6 is 0 Å². The molecule has 0 aromatic carbocycles. The highest BCUT2D eigenvalue weighted by Gasteiger charge is 2.59. The van der Waals surface area contributed by atoms with E-state index in [4.69, 9.17) is 47.0 Å². The number of aliphatic hydroxyl groups excluding tert-OH is 7. The van der Waals surface area contributed by atoms with Crippen LogP contribution < -0.4 is 33.6 Å².